The number of aromatic nitrogens is 2. The summed E-state index contributed by atoms with van der Waals surface area (Å²) in [6.07, 6.45) is 5.49. The molecule has 1 aromatic heterocycles. The van der Waals surface area contributed by atoms with E-state index in [0.717, 1.165) is 19.5 Å². The van der Waals surface area contributed by atoms with Gasteiger partial charge in [-0.15, -0.1) is 0 Å². The second-order valence-electron chi connectivity index (χ2n) is 3.18. The molecule has 1 aromatic rings. The number of piperidine rings is 1. The van der Waals surface area contributed by atoms with Gasteiger partial charge in [-0.2, -0.15) is 5.10 Å². The summed E-state index contributed by atoms with van der Waals surface area (Å²) < 4.78 is 1.83. The molecule has 2 N–H and O–H groups in total. The Hall–Kier alpha value is -1.03. The quantitative estimate of drug-likeness (QED) is 0.641. The molecule has 0 saturated carbocycles. The SMILES string of the molecule is Oc1cnn(C2CCCNC2)c1. The molecule has 1 saturated heterocycles. The van der Waals surface area contributed by atoms with Crippen LogP contribution in [0.15, 0.2) is 12.4 Å². The Balaban J connectivity index is 2.08. The van der Waals surface area contributed by atoms with Crippen molar-refractivity contribution in [3.05, 3.63) is 12.4 Å². The minimum Gasteiger partial charge on any atom is -0.505 e. The van der Waals surface area contributed by atoms with Gasteiger partial charge < -0.3 is 10.4 Å². The summed E-state index contributed by atoms with van der Waals surface area (Å²) in [6.45, 7) is 2.06. The number of nitrogens with one attached hydrogen (secondary N) is 1. The van der Waals surface area contributed by atoms with Crippen LogP contribution in [0.3, 0.4) is 0 Å². The Morgan fingerprint density at radius 2 is 2.58 bits per heavy atom. The second kappa shape index (κ2) is 3.15. The normalized spacial score (nSPS) is 24.2. The minimum absolute atomic E-state index is 0.251. The monoisotopic (exact) mass is 167 g/mol. The van der Waals surface area contributed by atoms with Crippen molar-refractivity contribution in [1.82, 2.24) is 15.1 Å². The van der Waals surface area contributed by atoms with Gasteiger partial charge in [0.1, 0.15) is 0 Å². The molecule has 1 atom stereocenters. The van der Waals surface area contributed by atoms with Gasteiger partial charge in [0.05, 0.1) is 18.4 Å². The predicted molar refractivity (Wildman–Crippen MR) is 45.0 cm³/mol. The Bertz CT molecular complexity index is 253. The first-order valence-corrected chi connectivity index (χ1v) is 4.30. The molecule has 1 aliphatic rings. The number of hydrogen-bond donors (Lipinski definition) is 2. The first-order chi connectivity index (χ1) is 5.86. The van der Waals surface area contributed by atoms with E-state index in [4.69, 9.17) is 5.11 Å². The van der Waals surface area contributed by atoms with Crippen LogP contribution in [0.4, 0.5) is 0 Å². The number of hydrogen-bond acceptors (Lipinski definition) is 3. The van der Waals surface area contributed by atoms with Crippen molar-refractivity contribution in [2.24, 2.45) is 0 Å². The van der Waals surface area contributed by atoms with E-state index in [2.05, 4.69) is 10.4 Å². The average Bonchev–Trinajstić information content (AvgIpc) is 2.54. The summed E-state index contributed by atoms with van der Waals surface area (Å²) in [5, 5.41) is 16.4. The standard InChI is InChI=1S/C8H13N3O/c12-8-5-10-11(6-8)7-2-1-3-9-4-7/h5-7,9,12H,1-4H2. The number of rotatable bonds is 1. The number of nitrogens with zero attached hydrogens (tertiary/aromatic N) is 2. The zero-order valence-electron chi connectivity index (χ0n) is 6.90. The van der Waals surface area contributed by atoms with E-state index in [0.29, 0.717) is 6.04 Å². The summed E-state index contributed by atoms with van der Waals surface area (Å²) in [7, 11) is 0. The Morgan fingerprint density at radius 1 is 1.67 bits per heavy atom. The van der Waals surface area contributed by atoms with Crippen LogP contribution in [0.25, 0.3) is 0 Å². The molecule has 0 radical (unpaired) electrons. The summed E-state index contributed by atoms with van der Waals surface area (Å²) in [5.41, 5.74) is 0. The fourth-order valence-electron chi connectivity index (χ4n) is 1.59. The van der Waals surface area contributed by atoms with Gasteiger partial charge in [0, 0.05) is 6.54 Å². The van der Waals surface area contributed by atoms with E-state index in [1.165, 1.54) is 12.6 Å². The van der Waals surface area contributed by atoms with Gasteiger partial charge in [0.25, 0.3) is 0 Å². The van der Waals surface area contributed by atoms with Crippen molar-refractivity contribution in [1.29, 1.82) is 0 Å². The first kappa shape index (κ1) is 7.61. The van der Waals surface area contributed by atoms with E-state index in [-0.39, 0.29) is 5.75 Å². The van der Waals surface area contributed by atoms with Gasteiger partial charge in [0.2, 0.25) is 0 Å². The lowest BCUT2D eigenvalue weighted by molar-refractivity contribution is 0.345. The molecule has 0 aliphatic carbocycles. The van der Waals surface area contributed by atoms with Crippen molar-refractivity contribution in [2.75, 3.05) is 13.1 Å². The highest BCUT2D eigenvalue weighted by molar-refractivity contribution is 5.09. The molecule has 0 bridgehead atoms. The van der Waals surface area contributed by atoms with E-state index < -0.39 is 0 Å². The zero-order valence-corrected chi connectivity index (χ0v) is 6.90. The lowest BCUT2D eigenvalue weighted by atomic mass is 10.1. The highest BCUT2D eigenvalue weighted by Gasteiger charge is 2.14. The summed E-state index contributed by atoms with van der Waals surface area (Å²) >= 11 is 0. The molecular weight excluding hydrogens is 154 g/mol. The van der Waals surface area contributed by atoms with Gasteiger partial charge in [-0.25, -0.2) is 0 Å². The molecule has 0 aromatic carbocycles. The maximum absolute atomic E-state index is 9.08. The Kier molecular flexibility index (Phi) is 1.99. The van der Waals surface area contributed by atoms with Gasteiger partial charge in [0.15, 0.2) is 5.75 Å². The molecule has 4 heteroatoms. The summed E-state index contributed by atoms with van der Waals surface area (Å²) in [4.78, 5) is 0. The van der Waals surface area contributed by atoms with Crippen LogP contribution in [0.5, 0.6) is 5.75 Å². The molecule has 0 amide bonds. The van der Waals surface area contributed by atoms with Crippen molar-refractivity contribution in [2.45, 2.75) is 18.9 Å². The van der Waals surface area contributed by atoms with Gasteiger partial charge >= 0.3 is 0 Å². The molecule has 1 unspecified atom stereocenters. The highest BCUT2D eigenvalue weighted by Crippen LogP contribution is 2.17. The van der Waals surface area contributed by atoms with Gasteiger partial charge in [-0.05, 0) is 19.4 Å². The average molecular weight is 167 g/mol. The third-order valence-electron chi connectivity index (χ3n) is 2.23. The van der Waals surface area contributed by atoms with Crippen LogP contribution in [0.1, 0.15) is 18.9 Å². The Morgan fingerprint density at radius 3 is 3.17 bits per heavy atom. The fourth-order valence-corrected chi connectivity index (χ4v) is 1.59. The van der Waals surface area contributed by atoms with Crippen LogP contribution < -0.4 is 5.32 Å². The van der Waals surface area contributed by atoms with Crippen LogP contribution in [-0.4, -0.2) is 28.0 Å². The maximum Gasteiger partial charge on any atom is 0.153 e. The lowest BCUT2D eigenvalue weighted by Crippen LogP contribution is -2.31. The fraction of sp³-hybridized carbons (Fsp3) is 0.625. The molecule has 2 rings (SSSR count). The van der Waals surface area contributed by atoms with E-state index >= 15 is 0 Å². The largest absolute Gasteiger partial charge is 0.505 e. The molecule has 66 valence electrons. The summed E-state index contributed by atoms with van der Waals surface area (Å²) in [5.74, 6) is 0.251. The molecule has 1 aliphatic heterocycles. The van der Waals surface area contributed by atoms with E-state index in [1.807, 2.05) is 4.68 Å². The third-order valence-corrected chi connectivity index (χ3v) is 2.23. The van der Waals surface area contributed by atoms with Crippen molar-refractivity contribution in [3.63, 3.8) is 0 Å². The molecular formula is C8H13N3O. The van der Waals surface area contributed by atoms with Gasteiger partial charge in [-0.3, -0.25) is 4.68 Å². The number of aromatic hydroxyl groups is 1. The second-order valence-corrected chi connectivity index (χ2v) is 3.18. The van der Waals surface area contributed by atoms with Crippen molar-refractivity contribution < 1.29 is 5.11 Å². The maximum atomic E-state index is 9.08. The minimum atomic E-state index is 0.251. The van der Waals surface area contributed by atoms with Crippen LogP contribution >= 0.6 is 0 Å². The third kappa shape index (κ3) is 1.43. The topological polar surface area (TPSA) is 50.1 Å². The molecule has 2 heterocycles. The Labute approximate surface area is 71.2 Å². The summed E-state index contributed by atoms with van der Waals surface area (Å²) in [6, 6.07) is 0.416. The zero-order chi connectivity index (χ0) is 8.39. The molecule has 12 heavy (non-hydrogen) atoms. The van der Waals surface area contributed by atoms with Crippen LogP contribution in [0.2, 0.25) is 0 Å². The molecule has 4 nitrogen and oxygen atoms in total. The van der Waals surface area contributed by atoms with Crippen LogP contribution in [0, 0.1) is 0 Å². The lowest BCUT2D eigenvalue weighted by Gasteiger charge is -2.22. The molecule has 1 fully saturated rings. The highest BCUT2D eigenvalue weighted by atomic mass is 16.3. The van der Waals surface area contributed by atoms with E-state index in [1.54, 1.807) is 6.20 Å². The van der Waals surface area contributed by atoms with Crippen molar-refractivity contribution >= 4 is 0 Å². The van der Waals surface area contributed by atoms with Gasteiger partial charge in [-0.1, -0.05) is 0 Å². The van der Waals surface area contributed by atoms with Crippen LogP contribution in [-0.2, 0) is 0 Å². The van der Waals surface area contributed by atoms with Crippen molar-refractivity contribution in [3.8, 4) is 5.75 Å². The smallest absolute Gasteiger partial charge is 0.153 e. The van der Waals surface area contributed by atoms with E-state index in [9.17, 15) is 0 Å². The predicted octanol–water partition coefficient (Wildman–Crippen LogP) is 0.513. The first-order valence-electron chi connectivity index (χ1n) is 4.30. The molecule has 0 spiro atoms.